The number of aryl methyl sites for hydroxylation is 1. The van der Waals surface area contributed by atoms with E-state index < -0.39 is 16.9 Å². The van der Waals surface area contributed by atoms with Gasteiger partial charge in [-0.15, -0.1) is 0 Å². The molecule has 4 rings (SSSR count). The van der Waals surface area contributed by atoms with Crippen LogP contribution in [0, 0.1) is 10.1 Å². The molecule has 0 saturated heterocycles. The van der Waals surface area contributed by atoms with Gasteiger partial charge in [-0.25, -0.2) is 4.98 Å². The molecule has 0 radical (unpaired) electrons. The molecule has 1 aromatic heterocycles. The van der Waals surface area contributed by atoms with E-state index in [1.54, 1.807) is 49.8 Å². The van der Waals surface area contributed by atoms with E-state index in [9.17, 15) is 14.9 Å². The van der Waals surface area contributed by atoms with Crippen molar-refractivity contribution in [2.24, 2.45) is 7.05 Å². The van der Waals surface area contributed by atoms with E-state index >= 15 is 0 Å². The number of carbonyl (C=O) groups is 1. The van der Waals surface area contributed by atoms with Crippen LogP contribution in [0.3, 0.4) is 0 Å². The first-order valence-electron chi connectivity index (χ1n) is 10.5. The standard InChI is InChI=1S/C25H23N5O4/c1-29-15-14-26-24(29)23(17-8-11-20(34-2)12-9-17)28-25(31)18-10-13-21(22(16-18)30(32)33)27-19-6-4-3-5-7-19/h3-16,23,27H,1-2H3,(H,28,31). The fraction of sp³-hybridized carbons (Fsp3) is 0.120. The molecule has 0 fully saturated rings. The van der Waals surface area contributed by atoms with E-state index in [-0.39, 0.29) is 11.3 Å². The van der Waals surface area contributed by atoms with Gasteiger partial charge < -0.3 is 19.9 Å². The van der Waals surface area contributed by atoms with Crippen molar-refractivity contribution in [3.05, 3.63) is 112 Å². The van der Waals surface area contributed by atoms with Gasteiger partial charge >= 0.3 is 0 Å². The number of hydrogen-bond donors (Lipinski definition) is 2. The highest BCUT2D eigenvalue weighted by molar-refractivity contribution is 5.96. The lowest BCUT2D eigenvalue weighted by atomic mass is 10.0. The van der Waals surface area contributed by atoms with E-state index in [1.165, 1.54) is 12.1 Å². The van der Waals surface area contributed by atoms with Crippen molar-refractivity contribution in [1.82, 2.24) is 14.9 Å². The first-order chi connectivity index (χ1) is 16.5. The minimum Gasteiger partial charge on any atom is -0.497 e. The summed E-state index contributed by atoms with van der Waals surface area (Å²) in [7, 11) is 3.41. The summed E-state index contributed by atoms with van der Waals surface area (Å²) in [4.78, 5) is 28.8. The Morgan fingerprint density at radius 1 is 1.09 bits per heavy atom. The van der Waals surface area contributed by atoms with Gasteiger partial charge in [-0.2, -0.15) is 0 Å². The number of nitro benzene ring substituents is 1. The minimum atomic E-state index is -0.570. The van der Waals surface area contributed by atoms with Crippen LogP contribution in [-0.2, 0) is 7.05 Å². The van der Waals surface area contributed by atoms with Gasteiger partial charge in [0, 0.05) is 36.8 Å². The number of para-hydroxylation sites is 1. The molecule has 2 N–H and O–H groups in total. The number of nitrogens with zero attached hydrogens (tertiary/aromatic N) is 3. The molecule has 0 saturated carbocycles. The first kappa shape index (κ1) is 22.5. The van der Waals surface area contributed by atoms with Crippen molar-refractivity contribution in [1.29, 1.82) is 0 Å². The molecule has 9 nitrogen and oxygen atoms in total. The fourth-order valence-electron chi connectivity index (χ4n) is 3.57. The SMILES string of the molecule is COc1ccc(C(NC(=O)c2ccc(Nc3ccccc3)c([N+](=O)[O-])c2)c2nccn2C)cc1. The molecule has 1 unspecified atom stereocenters. The molecule has 0 spiro atoms. The lowest BCUT2D eigenvalue weighted by molar-refractivity contribution is -0.383. The molecule has 34 heavy (non-hydrogen) atoms. The number of nitro groups is 1. The summed E-state index contributed by atoms with van der Waals surface area (Å²) >= 11 is 0. The summed E-state index contributed by atoms with van der Waals surface area (Å²) in [6, 6.07) is 20.2. The number of anilines is 2. The monoisotopic (exact) mass is 457 g/mol. The van der Waals surface area contributed by atoms with Crippen LogP contribution in [0.2, 0.25) is 0 Å². The number of rotatable bonds is 8. The molecule has 0 aliphatic heterocycles. The third-order valence-electron chi connectivity index (χ3n) is 5.35. The van der Waals surface area contributed by atoms with Crippen LogP contribution in [0.4, 0.5) is 17.1 Å². The average Bonchev–Trinajstić information content (AvgIpc) is 3.28. The summed E-state index contributed by atoms with van der Waals surface area (Å²) in [6.07, 6.45) is 3.43. The molecular formula is C25H23N5O4. The predicted molar refractivity (Wildman–Crippen MR) is 128 cm³/mol. The third kappa shape index (κ3) is 4.88. The Labute approximate surface area is 196 Å². The van der Waals surface area contributed by atoms with Gasteiger partial charge in [0.2, 0.25) is 0 Å². The number of ether oxygens (including phenoxy) is 1. The van der Waals surface area contributed by atoms with E-state index in [0.29, 0.717) is 22.9 Å². The van der Waals surface area contributed by atoms with Crippen LogP contribution < -0.4 is 15.4 Å². The number of imidazole rings is 1. The van der Waals surface area contributed by atoms with E-state index in [4.69, 9.17) is 4.74 Å². The predicted octanol–water partition coefficient (Wildman–Crippen LogP) is 4.60. The maximum absolute atomic E-state index is 13.2. The van der Waals surface area contributed by atoms with Gasteiger partial charge in [-0.05, 0) is 42.0 Å². The second kappa shape index (κ2) is 9.86. The van der Waals surface area contributed by atoms with Crippen molar-refractivity contribution in [3.8, 4) is 5.75 Å². The Morgan fingerprint density at radius 3 is 2.44 bits per heavy atom. The number of benzene rings is 3. The van der Waals surface area contributed by atoms with Crippen LogP contribution >= 0.6 is 0 Å². The van der Waals surface area contributed by atoms with Crippen molar-refractivity contribution < 1.29 is 14.5 Å². The quantitative estimate of drug-likeness (QED) is 0.295. The normalized spacial score (nSPS) is 11.5. The number of amides is 1. The van der Waals surface area contributed by atoms with Crippen molar-refractivity contribution in [2.75, 3.05) is 12.4 Å². The van der Waals surface area contributed by atoms with Crippen LogP contribution in [0.5, 0.6) is 5.75 Å². The summed E-state index contributed by atoms with van der Waals surface area (Å²) in [6.45, 7) is 0. The summed E-state index contributed by atoms with van der Waals surface area (Å²) in [5, 5.41) is 17.7. The molecule has 1 amide bonds. The van der Waals surface area contributed by atoms with Gasteiger partial charge in [0.25, 0.3) is 11.6 Å². The van der Waals surface area contributed by atoms with Gasteiger partial charge in [0.15, 0.2) is 0 Å². The highest BCUT2D eigenvalue weighted by Gasteiger charge is 2.24. The Bertz CT molecular complexity index is 1300. The topological polar surface area (TPSA) is 111 Å². The van der Waals surface area contributed by atoms with Gasteiger partial charge in [-0.3, -0.25) is 14.9 Å². The molecule has 4 aromatic rings. The molecule has 9 heteroatoms. The van der Waals surface area contributed by atoms with Crippen LogP contribution in [0.25, 0.3) is 0 Å². The smallest absolute Gasteiger partial charge is 0.293 e. The second-order valence-corrected chi connectivity index (χ2v) is 7.56. The minimum absolute atomic E-state index is 0.165. The molecule has 1 atom stereocenters. The Kier molecular flexibility index (Phi) is 6.54. The zero-order valence-electron chi connectivity index (χ0n) is 18.6. The Balaban J connectivity index is 1.64. The van der Waals surface area contributed by atoms with Crippen LogP contribution in [0.1, 0.15) is 27.8 Å². The van der Waals surface area contributed by atoms with E-state index in [2.05, 4.69) is 15.6 Å². The Hall–Kier alpha value is -4.66. The van der Waals surface area contributed by atoms with Crippen LogP contribution in [0.15, 0.2) is 85.2 Å². The first-order valence-corrected chi connectivity index (χ1v) is 10.5. The zero-order chi connectivity index (χ0) is 24.1. The maximum Gasteiger partial charge on any atom is 0.293 e. The van der Waals surface area contributed by atoms with E-state index in [0.717, 1.165) is 5.56 Å². The lowest BCUT2D eigenvalue weighted by Gasteiger charge is -2.20. The molecule has 0 aliphatic rings. The number of methoxy groups -OCH3 is 1. The van der Waals surface area contributed by atoms with Crippen molar-refractivity contribution in [2.45, 2.75) is 6.04 Å². The van der Waals surface area contributed by atoms with Crippen molar-refractivity contribution >= 4 is 23.0 Å². The number of carbonyl (C=O) groups excluding carboxylic acids is 1. The molecule has 172 valence electrons. The average molecular weight is 457 g/mol. The molecular weight excluding hydrogens is 434 g/mol. The largest absolute Gasteiger partial charge is 0.497 e. The second-order valence-electron chi connectivity index (χ2n) is 7.56. The summed E-state index contributed by atoms with van der Waals surface area (Å²) in [5.74, 6) is 0.847. The highest BCUT2D eigenvalue weighted by atomic mass is 16.6. The molecule has 3 aromatic carbocycles. The fourth-order valence-corrected chi connectivity index (χ4v) is 3.57. The van der Waals surface area contributed by atoms with Crippen molar-refractivity contribution in [3.63, 3.8) is 0 Å². The van der Waals surface area contributed by atoms with Gasteiger partial charge in [-0.1, -0.05) is 30.3 Å². The highest BCUT2D eigenvalue weighted by Crippen LogP contribution is 2.29. The third-order valence-corrected chi connectivity index (χ3v) is 5.35. The lowest BCUT2D eigenvalue weighted by Crippen LogP contribution is -2.31. The summed E-state index contributed by atoms with van der Waals surface area (Å²) < 4.78 is 7.04. The zero-order valence-corrected chi connectivity index (χ0v) is 18.6. The number of hydrogen-bond acceptors (Lipinski definition) is 6. The molecule has 0 bridgehead atoms. The van der Waals surface area contributed by atoms with Crippen LogP contribution in [-0.4, -0.2) is 27.5 Å². The summed E-state index contributed by atoms with van der Waals surface area (Å²) in [5.41, 5.74) is 1.76. The molecule has 1 heterocycles. The maximum atomic E-state index is 13.2. The Morgan fingerprint density at radius 2 is 1.82 bits per heavy atom. The molecule has 0 aliphatic carbocycles. The number of nitrogens with one attached hydrogen (secondary N) is 2. The van der Waals surface area contributed by atoms with Gasteiger partial charge in [0.05, 0.1) is 12.0 Å². The van der Waals surface area contributed by atoms with Gasteiger partial charge in [0.1, 0.15) is 23.3 Å². The number of aromatic nitrogens is 2. The van der Waals surface area contributed by atoms with E-state index in [1.807, 2.05) is 41.9 Å².